The second-order valence-corrected chi connectivity index (χ2v) is 7.93. The number of nitrogens with two attached hydrogens (primary N) is 1. The first kappa shape index (κ1) is 15.7. The third-order valence-corrected chi connectivity index (χ3v) is 5.82. The van der Waals surface area contributed by atoms with E-state index in [0.717, 1.165) is 37.8 Å². The number of nitrogens with one attached hydrogen (secondary N) is 1. The molecule has 1 fully saturated rings. The van der Waals surface area contributed by atoms with Crippen LogP contribution in [0.5, 0.6) is 0 Å². The van der Waals surface area contributed by atoms with Gasteiger partial charge >= 0.3 is 0 Å². The summed E-state index contributed by atoms with van der Waals surface area (Å²) in [5.41, 5.74) is 5.83. The van der Waals surface area contributed by atoms with Crippen LogP contribution in [0.15, 0.2) is 21.5 Å². The first-order valence-corrected chi connectivity index (χ1v) is 8.84. The molecule has 1 aliphatic rings. The lowest BCUT2D eigenvalue weighted by atomic mass is 9.88. The van der Waals surface area contributed by atoms with Crippen LogP contribution in [0.25, 0.3) is 0 Å². The first-order chi connectivity index (χ1) is 9.29. The Bertz CT molecular complexity index is 607. The number of hydrogen-bond acceptors (Lipinski definition) is 3. The van der Waals surface area contributed by atoms with Crippen LogP contribution in [0, 0.1) is 11.7 Å². The van der Waals surface area contributed by atoms with E-state index < -0.39 is 20.7 Å². The number of anilines is 1. The van der Waals surface area contributed by atoms with E-state index in [4.69, 9.17) is 5.73 Å². The molecule has 112 valence electrons. The largest absolute Gasteiger partial charge is 0.398 e. The smallest absolute Gasteiger partial charge is 0.243 e. The van der Waals surface area contributed by atoms with Crippen molar-refractivity contribution < 1.29 is 12.8 Å². The molecule has 2 unspecified atom stereocenters. The van der Waals surface area contributed by atoms with Crippen molar-refractivity contribution in [2.75, 3.05) is 5.73 Å². The second kappa shape index (κ2) is 5.99. The van der Waals surface area contributed by atoms with Gasteiger partial charge in [0.15, 0.2) is 0 Å². The van der Waals surface area contributed by atoms with Gasteiger partial charge in [0, 0.05) is 16.2 Å². The molecule has 1 aromatic rings. The van der Waals surface area contributed by atoms with E-state index in [1.54, 1.807) is 0 Å². The molecule has 0 saturated heterocycles. The van der Waals surface area contributed by atoms with Gasteiger partial charge in [0.25, 0.3) is 0 Å². The highest BCUT2D eigenvalue weighted by atomic mass is 79.9. The molecule has 2 atom stereocenters. The molecule has 7 heteroatoms. The summed E-state index contributed by atoms with van der Waals surface area (Å²) in [5, 5.41) is 0. The van der Waals surface area contributed by atoms with Crippen LogP contribution in [0.4, 0.5) is 10.1 Å². The van der Waals surface area contributed by atoms with Crippen LogP contribution in [-0.2, 0) is 10.0 Å². The molecular weight excluding hydrogens is 347 g/mol. The molecule has 20 heavy (non-hydrogen) atoms. The van der Waals surface area contributed by atoms with Gasteiger partial charge in [-0.05, 0) is 46.8 Å². The summed E-state index contributed by atoms with van der Waals surface area (Å²) in [6.45, 7) is 2.10. The second-order valence-electron chi connectivity index (χ2n) is 5.39. The van der Waals surface area contributed by atoms with Crippen molar-refractivity contribution in [2.24, 2.45) is 5.92 Å². The molecule has 2 rings (SSSR count). The molecule has 0 radical (unpaired) electrons. The van der Waals surface area contributed by atoms with Crippen molar-refractivity contribution in [1.82, 2.24) is 4.72 Å². The van der Waals surface area contributed by atoms with Crippen molar-refractivity contribution in [1.29, 1.82) is 0 Å². The molecule has 0 spiro atoms. The predicted molar refractivity (Wildman–Crippen MR) is 80.3 cm³/mol. The summed E-state index contributed by atoms with van der Waals surface area (Å²) in [6, 6.07) is 2.09. The number of nitrogen functional groups attached to an aromatic ring is 1. The van der Waals surface area contributed by atoms with Crippen molar-refractivity contribution in [3.8, 4) is 0 Å². The summed E-state index contributed by atoms with van der Waals surface area (Å²) in [6.07, 6.45) is 3.67. The Morgan fingerprint density at radius 1 is 1.40 bits per heavy atom. The lowest BCUT2D eigenvalue weighted by molar-refractivity contribution is 0.327. The monoisotopic (exact) mass is 364 g/mol. The molecule has 0 amide bonds. The summed E-state index contributed by atoms with van der Waals surface area (Å²) in [5.74, 6) is -0.321. The molecule has 1 aromatic carbocycles. The van der Waals surface area contributed by atoms with Gasteiger partial charge in [-0.2, -0.15) is 0 Å². The Morgan fingerprint density at radius 2 is 2.10 bits per heavy atom. The first-order valence-electron chi connectivity index (χ1n) is 6.56. The molecule has 0 heterocycles. The minimum absolute atomic E-state index is 0.131. The topological polar surface area (TPSA) is 72.2 Å². The van der Waals surface area contributed by atoms with E-state index in [9.17, 15) is 12.8 Å². The number of halogens is 2. The molecule has 0 bridgehead atoms. The average molecular weight is 365 g/mol. The average Bonchev–Trinajstić information content (AvgIpc) is 2.33. The van der Waals surface area contributed by atoms with E-state index in [2.05, 4.69) is 27.6 Å². The number of rotatable bonds is 3. The van der Waals surface area contributed by atoms with Gasteiger partial charge in [-0.15, -0.1) is 0 Å². The molecule has 0 aliphatic heterocycles. The minimum atomic E-state index is -3.88. The summed E-state index contributed by atoms with van der Waals surface area (Å²) in [7, 11) is -3.88. The van der Waals surface area contributed by atoms with Crippen LogP contribution in [-0.4, -0.2) is 14.5 Å². The van der Waals surface area contributed by atoms with E-state index in [1.165, 1.54) is 0 Å². The lowest BCUT2D eigenvalue weighted by Crippen LogP contribution is -2.38. The molecule has 3 N–H and O–H groups in total. The van der Waals surface area contributed by atoms with Gasteiger partial charge in [0.2, 0.25) is 10.0 Å². The van der Waals surface area contributed by atoms with Crippen LogP contribution in [0.3, 0.4) is 0 Å². The third-order valence-electron chi connectivity index (χ3n) is 3.60. The highest BCUT2D eigenvalue weighted by molar-refractivity contribution is 9.10. The minimum Gasteiger partial charge on any atom is -0.398 e. The molecule has 1 saturated carbocycles. The molecule has 0 aromatic heterocycles. The maximum atomic E-state index is 13.9. The van der Waals surface area contributed by atoms with Crippen LogP contribution in [0.1, 0.15) is 32.6 Å². The molecule has 1 aliphatic carbocycles. The third kappa shape index (κ3) is 3.51. The highest BCUT2D eigenvalue weighted by Crippen LogP contribution is 2.28. The zero-order chi connectivity index (χ0) is 14.9. The van der Waals surface area contributed by atoms with Gasteiger partial charge in [0.1, 0.15) is 10.7 Å². The fourth-order valence-electron chi connectivity index (χ4n) is 2.57. The Hall–Kier alpha value is -0.660. The zero-order valence-corrected chi connectivity index (χ0v) is 13.6. The summed E-state index contributed by atoms with van der Waals surface area (Å²) in [4.78, 5) is -0.392. The Morgan fingerprint density at radius 3 is 2.75 bits per heavy atom. The molecular formula is C13H18BrFN2O2S. The standard InChI is InChI=1S/C13H18BrFN2O2S/c1-8-3-2-4-9(5-8)17-20(18,19)13-7-12(16)10(14)6-11(13)15/h6-9,17H,2-5,16H2,1H3. The summed E-state index contributed by atoms with van der Waals surface area (Å²) >= 11 is 3.07. The fraction of sp³-hybridized carbons (Fsp3) is 0.538. The molecule has 4 nitrogen and oxygen atoms in total. The van der Waals surface area contributed by atoms with Crippen LogP contribution in [0.2, 0.25) is 0 Å². The Labute approximate surface area is 127 Å². The van der Waals surface area contributed by atoms with Crippen molar-refractivity contribution in [3.63, 3.8) is 0 Å². The van der Waals surface area contributed by atoms with Gasteiger partial charge in [-0.1, -0.05) is 19.8 Å². The lowest BCUT2D eigenvalue weighted by Gasteiger charge is -2.27. The predicted octanol–water partition coefficient (Wildman–Crippen LogP) is 3.03. The Balaban J connectivity index is 2.24. The SMILES string of the molecule is CC1CCCC(NS(=O)(=O)c2cc(N)c(Br)cc2F)C1. The summed E-state index contributed by atoms with van der Waals surface area (Å²) < 4.78 is 41.3. The van der Waals surface area contributed by atoms with Gasteiger partial charge < -0.3 is 5.73 Å². The van der Waals surface area contributed by atoms with Gasteiger partial charge in [-0.3, -0.25) is 0 Å². The highest BCUT2D eigenvalue weighted by Gasteiger charge is 2.27. The van der Waals surface area contributed by atoms with E-state index in [-0.39, 0.29) is 11.7 Å². The van der Waals surface area contributed by atoms with Crippen molar-refractivity contribution >= 4 is 31.6 Å². The normalized spacial score (nSPS) is 23.8. The number of sulfonamides is 1. The van der Waals surface area contributed by atoms with E-state index >= 15 is 0 Å². The van der Waals surface area contributed by atoms with Gasteiger partial charge in [0.05, 0.1) is 0 Å². The van der Waals surface area contributed by atoms with Crippen LogP contribution >= 0.6 is 15.9 Å². The maximum absolute atomic E-state index is 13.9. The maximum Gasteiger partial charge on any atom is 0.243 e. The Kier molecular flexibility index (Phi) is 4.71. The van der Waals surface area contributed by atoms with E-state index in [0.29, 0.717) is 10.4 Å². The zero-order valence-electron chi connectivity index (χ0n) is 11.2. The van der Waals surface area contributed by atoms with Crippen molar-refractivity contribution in [3.05, 3.63) is 22.4 Å². The van der Waals surface area contributed by atoms with E-state index in [1.807, 2.05) is 0 Å². The van der Waals surface area contributed by atoms with Crippen molar-refractivity contribution in [2.45, 2.75) is 43.5 Å². The number of hydrogen-bond donors (Lipinski definition) is 2. The quantitative estimate of drug-likeness (QED) is 0.809. The van der Waals surface area contributed by atoms with Crippen LogP contribution < -0.4 is 10.5 Å². The fourth-order valence-corrected chi connectivity index (χ4v) is 4.27. The number of benzene rings is 1. The van der Waals surface area contributed by atoms with Gasteiger partial charge in [-0.25, -0.2) is 17.5 Å².